The summed E-state index contributed by atoms with van der Waals surface area (Å²) in [6.07, 6.45) is 6.06. The SMILES string of the molecule is CCC1CCCCC1C(O)c1cc(C)c(Br)s1. The van der Waals surface area contributed by atoms with E-state index < -0.39 is 0 Å². The molecule has 1 heterocycles. The molecule has 0 bridgehead atoms. The molecule has 1 aromatic rings. The summed E-state index contributed by atoms with van der Waals surface area (Å²) >= 11 is 5.24. The number of thiophene rings is 1. The largest absolute Gasteiger partial charge is 0.387 e. The van der Waals surface area contributed by atoms with E-state index >= 15 is 0 Å². The van der Waals surface area contributed by atoms with Gasteiger partial charge in [-0.1, -0.05) is 32.6 Å². The van der Waals surface area contributed by atoms with Gasteiger partial charge in [-0.25, -0.2) is 0 Å². The van der Waals surface area contributed by atoms with Gasteiger partial charge in [-0.3, -0.25) is 0 Å². The van der Waals surface area contributed by atoms with Crippen molar-refractivity contribution in [3.63, 3.8) is 0 Å². The second kappa shape index (κ2) is 5.85. The molecular formula is C14H21BrOS. The number of aryl methyl sites for hydroxylation is 1. The number of aliphatic hydroxyl groups is 1. The predicted molar refractivity (Wildman–Crippen MR) is 77.5 cm³/mol. The highest BCUT2D eigenvalue weighted by atomic mass is 79.9. The highest BCUT2D eigenvalue weighted by molar-refractivity contribution is 9.11. The third-order valence-electron chi connectivity index (χ3n) is 4.07. The van der Waals surface area contributed by atoms with Gasteiger partial charge in [0.1, 0.15) is 0 Å². The predicted octanol–water partition coefficient (Wildman–Crippen LogP) is 5.07. The Labute approximate surface area is 116 Å². The zero-order valence-electron chi connectivity index (χ0n) is 10.6. The van der Waals surface area contributed by atoms with E-state index in [1.807, 2.05) is 0 Å². The van der Waals surface area contributed by atoms with Crippen LogP contribution in [-0.4, -0.2) is 5.11 Å². The van der Waals surface area contributed by atoms with Crippen molar-refractivity contribution in [2.24, 2.45) is 11.8 Å². The van der Waals surface area contributed by atoms with Gasteiger partial charge in [0.15, 0.2) is 0 Å². The van der Waals surface area contributed by atoms with Crippen LogP contribution in [0.4, 0.5) is 0 Å². The van der Waals surface area contributed by atoms with Crippen molar-refractivity contribution in [2.45, 2.75) is 52.1 Å². The van der Waals surface area contributed by atoms with Gasteiger partial charge < -0.3 is 5.11 Å². The van der Waals surface area contributed by atoms with Gasteiger partial charge in [0.25, 0.3) is 0 Å². The van der Waals surface area contributed by atoms with Crippen molar-refractivity contribution < 1.29 is 5.11 Å². The molecule has 1 aromatic heterocycles. The van der Waals surface area contributed by atoms with Gasteiger partial charge >= 0.3 is 0 Å². The summed E-state index contributed by atoms with van der Waals surface area (Å²) in [6.45, 7) is 4.35. The van der Waals surface area contributed by atoms with Crippen LogP contribution in [0.25, 0.3) is 0 Å². The first-order chi connectivity index (χ1) is 8.13. The minimum atomic E-state index is -0.254. The smallest absolute Gasteiger partial charge is 0.0913 e. The van der Waals surface area contributed by atoms with E-state index in [9.17, 15) is 5.11 Å². The zero-order chi connectivity index (χ0) is 12.4. The van der Waals surface area contributed by atoms with E-state index in [1.54, 1.807) is 11.3 Å². The molecule has 1 N–H and O–H groups in total. The highest BCUT2D eigenvalue weighted by Crippen LogP contribution is 2.43. The van der Waals surface area contributed by atoms with Crippen LogP contribution in [-0.2, 0) is 0 Å². The van der Waals surface area contributed by atoms with Crippen LogP contribution >= 0.6 is 27.3 Å². The van der Waals surface area contributed by atoms with Crippen LogP contribution in [0, 0.1) is 18.8 Å². The normalized spacial score (nSPS) is 27.1. The van der Waals surface area contributed by atoms with Gasteiger partial charge in [-0.2, -0.15) is 0 Å². The number of hydrogen-bond donors (Lipinski definition) is 1. The highest BCUT2D eigenvalue weighted by Gasteiger charge is 2.31. The summed E-state index contributed by atoms with van der Waals surface area (Å²) in [6, 6.07) is 2.14. The zero-order valence-corrected chi connectivity index (χ0v) is 13.0. The third-order valence-corrected chi connectivity index (χ3v) is 6.27. The minimum absolute atomic E-state index is 0.254. The van der Waals surface area contributed by atoms with Crippen LogP contribution in [0.3, 0.4) is 0 Å². The molecule has 1 aliphatic rings. The van der Waals surface area contributed by atoms with Gasteiger partial charge in [0, 0.05) is 4.88 Å². The van der Waals surface area contributed by atoms with Crippen molar-refractivity contribution in [3.8, 4) is 0 Å². The molecule has 2 rings (SSSR count). The van der Waals surface area contributed by atoms with Crippen molar-refractivity contribution in [1.82, 2.24) is 0 Å². The molecule has 0 radical (unpaired) electrons. The van der Waals surface area contributed by atoms with E-state index in [1.165, 1.54) is 37.7 Å². The first-order valence-corrected chi connectivity index (χ1v) is 8.18. The molecule has 1 fully saturated rings. The van der Waals surface area contributed by atoms with Gasteiger partial charge in [-0.05, 0) is 52.7 Å². The Morgan fingerprint density at radius 1 is 1.47 bits per heavy atom. The molecule has 17 heavy (non-hydrogen) atoms. The Kier molecular flexibility index (Phi) is 4.67. The van der Waals surface area contributed by atoms with Crippen LogP contribution in [0.5, 0.6) is 0 Å². The van der Waals surface area contributed by atoms with Gasteiger partial charge in [-0.15, -0.1) is 11.3 Å². The monoisotopic (exact) mass is 316 g/mol. The quantitative estimate of drug-likeness (QED) is 0.825. The molecule has 3 heteroatoms. The summed E-state index contributed by atoms with van der Waals surface area (Å²) in [5.41, 5.74) is 1.24. The van der Waals surface area contributed by atoms with E-state index in [0.717, 1.165) is 8.66 Å². The van der Waals surface area contributed by atoms with Crippen molar-refractivity contribution in [1.29, 1.82) is 0 Å². The molecule has 0 aliphatic heterocycles. The molecule has 96 valence electrons. The average molecular weight is 317 g/mol. The fraction of sp³-hybridized carbons (Fsp3) is 0.714. The third kappa shape index (κ3) is 2.94. The first-order valence-electron chi connectivity index (χ1n) is 6.57. The van der Waals surface area contributed by atoms with Crippen molar-refractivity contribution in [3.05, 3.63) is 20.3 Å². The molecule has 3 atom stereocenters. The average Bonchev–Trinajstić information content (AvgIpc) is 2.68. The molecule has 1 nitrogen and oxygen atoms in total. The fourth-order valence-electron chi connectivity index (χ4n) is 3.00. The summed E-state index contributed by atoms with van der Waals surface area (Å²) < 4.78 is 1.16. The lowest BCUT2D eigenvalue weighted by molar-refractivity contribution is 0.0477. The first kappa shape index (κ1) is 13.6. The fourth-order valence-corrected chi connectivity index (χ4v) is 4.63. The second-order valence-corrected chi connectivity index (χ2v) is 7.57. The van der Waals surface area contributed by atoms with E-state index in [0.29, 0.717) is 11.8 Å². The number of halogens is 1. The maximum Gasteiger partial charge on any atom is 0.0913 e. The van der Waals surface area contributed by atoms with Crippen LogP contribution in [0.15, 0.2) is 9.85 Å². The maximum atomic E-state index is 10.6. The molecular weight excluding hydrogens is 296 g/mol. The van der Waals surface area contributed by atoms with Crippen LogP contribution in [0.1, 0.15) is 55.6 Å². The van der Waals surface area contributed by atoms with Crippen LogP contribution < -0.4 is 0 Å². The summed E-state index contributed by atoms with van der Waals surface area (Å²) in [7, 11) is 0. The molecule has 0 aromatic carbocycles. The van der Waals surface area contributed by atoms with E-state index in [4.69, 9.17) is 0 Å². The lowest BCUT2D eigenvalue weighted by Gasteiger charge is -2.33. The molecule has 0 amide bonds. The van der Waals surface area contributed by atoms with E-state index in [2.05, 4.69) is 35.8 Å². The Hall–Kier alpha value is 0.140. The summed E-state index contributed by atoms with van der Waals surface area (Å²) in [5.74, 6) is 1.18. The Balaban J connectivity index is 2.14. The second-order valence-electron chi connectivity index (χ2n) is 5.17. The number of aliphatic hydroxyl groups excluding tert-OH is 1. The molecule has 0 saturated heterocycles. The molecule has 3 unspecified atom stereocenters. The lowest BCUT2D eigenvalue weighted by atomic mass is 9.74. The standard InChI is InChI=1S/C14H21BrOS/c1-3-10-6-4-5-7-11(10)13(16)12-8-9(2)14(15)17-12/h8,10-11,13,16H,3-7H2,1-2H3. The molecule has 1 saturated carbocycles. The summed E-state index contributed by atoms with van der Waals surface area (Å²) in [4.78, 5) is 1.14. The molecule has 1 aliphatic carbocycles. The Morgan fingerprint density at radius 2 is 2.18 bits per heavy atom. The van der Waals surface area contributed by atoms with Crippen molar-refractivity contribution in [2.75, 3.05) is 0 Å². The van der Waals surface area contributed by atoms with Gasteiger partial charge in [0.2, 0.25) is 0 Å². The summed E-state index contributed by atoms with van der Waals surface area (Å²) in [5, 5.41) is 10.6. The minimum Gasteiger partial charge on any atom is -0.387 e. The Morgan fingerprint density at radius 3 is 2.76 bits per heavy atom. The van der Waals surface area contributed by atoms with E-state index in [-0.39, 0.29) is 6.10 Å². The molecule has 0 spiro atoms. The number of hydrogen-bond acceptors (Lipinski definition) is 2. The van der Waals surface area contributed by atoms with Crippen molar-refractivity contribution >= 4 is 27.3 Å². The van der Waals surface area contributed by atoms with Gasteiger partial charge in [0.05, 0.1) is 9.89 Å². The number of rotatable bonds is 3. The van der Waals surface area contributed by atoms with Crippen LogP contribution in [0.2, 0.25) is 0 Å². The Bertz CT molecular complexity index is 355. The topological polar surface area (TPSA) is 20.2 Å². The maximum absolute atomic E-state index is 10.6. The lowest BCUT2D eigenvalue weighted by Crippen LogP contribution is -2.24.